The number of benzene rings is 3. The molecule has 0 atom stereocenters. The summed E-state index contributed by atoms with van der Waals surface area (Å²) >= 11 is 27.4. The molecular formula is C41H51Cl4N3O4S2. The molecule has 7 nitrogen and oxygen atoms in total. The number of carbonyl (C=O) groups is 1. The number of unbranched alkanes of at least 4 members (excludes halogenated alkanes) is 9. The van der Waals surface area contributed by atoms with E-state index in [-0.39, 0.29) is 58.7 Å². The Labute approximate surface area is 345 Å². The third kappa shape index (κ3) is 11.1. The predicted octanol–water partition coefficient (Wildman–Crippen LogP) is 13.6. The van der Waals surface area contributed by atoms with Crippen LogP contribution in [-0.4, -0.2) is 29.9 Å². The lowest BCUT2D eigenvalue weighted by Crippen LogP contribution is -2.24. The molecule has 294 valence electrons. The fourth-order valence-electron chi connectivity index (χ4n) is 6.35. The lowest BCUT2D eigenvalue weighted by Gasteiger charge is -2.23. The van der Waals surface area contributed by atoms with Crippen LogP contribution in [0.2, 0.25) is 20.1 Å². The van der Waals surface area contributed by atoms with Crippen molar-refractivity contribution in [2.75, 3.05) is 10.7 Å². The van der Waals surface area contributed by atoms with Gasteiger partial charge in [-0.2, -0.15) is 0 Å². The first-order valence-corrected chi connectivity index (χ1v) is 22.7. The Morgan fingerprint density at radius 2 is 1.39 bits per heavy atom. The first-order chi connectivity index (χ1) is 25.6. The number of hydrogen-bond acceptors (Lipinski definition) is 5. The largest absolute Gasteiger partial charge is 0.287 e. The molecule has 0 saturated heterocycles. The maximum absolute atomic E-state index is 14.4. The Hall–Kier alpha value is -2.40. The van der Waals surface area contributed by atoms with Crippen molar-refractivity contribution in [3.05, 3.63) is 90.1 Å². The van der Waals surface area contributed by atoms with E-state index < -0.39 is 21.3 Å². The number of anilines is 2. The van der Waals surface area contributed by atoms with Crippen LogP contribution in [-0.2, 0) is 14.6 Å². The second-order valence-corrected chi connectivity index (χ2v) is 19.1. The summed E-state index contributed by atoms with van der Waals surface area (Å²) in [7, 11) is -3.64. The summed E-state index contributed by atoms with van der Waals surface area (Å²) < 4.78 is 27.9. The number of hydrogen-bond donors (Lipinski definition) is 1. The monoisotopic (exact) mass is 853 g/mol. The number of aromatic amines is 1. The van der Waals surface area contributed by atoms with E-state index >= 15 is 0 Å². The van der Waals surface area contributed by atoms with Crippen LogP contribution in [0.15, 0.2) is 68.0 Å². The molecule has 1 heterocycles. The van der Waals surface area contributed by atoms with Gasteiger partial charge in [0.15, 0.2) is 15.7 Å². The van der Waals surface area contributed by atoms with Gasteiger partial charge >= 0.3 is 0 Å². The molecule has 0 aliphatic heterocycles. The number of H-pyrrole nitrogens is 1. The standard InChI is InChI=1S/C41H51Cl4N3O4S2/c1-7-8-9-10-11-12-13-14-15-16-21-54(51,52)31-18-19-36(33(43)25-31)47(28(6)49)40-39(53-37-20-17-29(26(2)3)22-32(37)27(4)5)41(50)48(46-40)38-34(44)23-30(42)24-35(38)45/h17-20,22-27,46H,7-16,21H2,1-6H3. The van der Waals surface area contributed by atoms with Crippen LogP contribution in [0.5, 0.6) is 0 Å². The smallest absolute Gasteiger partial charge is 0.274 e. The maximum atomic E-state index is 14.4. The second-order valence-electron chi connectivity index (χ2n) is 14.3. The molecule has 4 rings (SSSR count). The minimum atomic E-state index is -3.64. The van der Waals surface area contributed by atoms with Crippen LogP contribution in [0.3, 0.4) is 0 Å². The lowest BCUT2D eigenvalue weighted by molar-refractivity contribution is -0.115. The summed E-state index contributed by atoms with van der Waals surface area (Å²) in [6.45, 7) is 12.0. The van der Waals surface area contributed by atoms with Crippen LogP contribution < -0.4 is 10.5 Å². The first-order valence-electron chi connectivity index (χ1n) is 18.7. The normalized spacial score (nSPS) is 11.9. The number of aromatic nitrogens is 2. The van der Waals surface area contributed by atoms with Gasteiger partial charge in [0.2, 0.25) is 5.91 Å². The Kier molecular flexibility index (Phi) is 16.5. The summed E-state index contributed by atoms with van der Waals surface area (Å²) in [6.07, 6.45) is 11.0. The molecule has 54 heavy (non-hydrogen) atoms. The Bertz CT molecular complexity index is 2070. The summed E-state index contributed by atoms with van der Waals surface area (Å²) in [5.74, 6) is 0.0749. The SMILES string of the molecule is CCCCCCCCCCCCS(=O)(=O)c1ccc(N(C(C)=O)c2[nH]n(-c3c(Cl)cc(Cl)cc3Cl)c(=O)c2Sc2ccc(C(C)C)cc2C(C)C)c(Cl)c1. The number of nitrogens with zero attached hydrogens (tertiary/aromatic N) is 2. The van der Waals surface area contributed by atoms with Crippen molar-refractivity contribution in [2.45, 2.75) is 132 Å². The van der Waals surface area contributed by atoms with E-state index in [1.807, 2.05) is 12.1 Å². The highest BCUT2D eigenvalue weighted by Gasteiger charge is 2.30. The molecule has 4 aromatic rings. The lowest BCUT2D eigenvalue weighted by atomic mass is 9.96. The molecule has 0 radical (unpaired) electrons. The van der Waals surface area contributed by atoms with E-state index in [0.717, 1.165) is 35.3 Å². The van der Waals surface area contributed by atoms with Crippen LogP contribution in [0, 0.1) is 0 Å². The number of rotatable bonds is 19. The maximum Gasteiger partial charge on any atom is 0.287 e. The van der Waals surface area contributed by atoms with Crippen LogP contribution in [0.1, 0.15) is 129 Å². The van der Waals surface area contributed by atoms with Crippen molar-refractivity contribution in [3.63, 3.8) is 0 Å². The highest BCUT2D eigenvalue weighted by atomic mass is 35.5. The quantitative estimate of drug-likeness (QED) is 0.0949. The average Bonchev–Trinajstić information content (AvgIpc) is 3.39. The zero-order valence-electron chi connectivity index (χ0n) is 31.9. The predicted molar refractivity (Wildman–Crippen MR) is 228 cm³/mol. The van der Waals surface area contributed by atoms with Gasteiger partial charge < -0.3 is 0 Å². The first kappa shape index (κ1) is 44.3. The molecule has 0 bridgehead atoms. The molecular weight excluding hydrogens is 804 g/mol. The average molecular weight is 856 g/mol. The fourth-order valence-corrected chi connectivity index (χ4v) is 10.2. The molecule has 0 unspecified atom stereocenters. The highest BCUT2D eigenvalue weighted by Crippen LogP contribution is 2.43. The van der Waals surface area contributed by atoms with Crippen molar-refractivity contribution in [1.82, 2.24) is 9.78 Å². The molecule has 1 amide bonds. The number of carbonyl (C=O) groups excluding carboxylic acids is 1. The summed E-state index contributed by atoms with van der Waals surface area (Å²) in [4.78, 5) is 30.3. The third-order valence-corrected chi connectivity index (χ3v) is 13.5. The van der Waals surface area contributed by atoms with E-state index in [0.29, 0.717) is 12.3 Å². The van der Waals surface area contributed by atoms with Crippen molar-refractivity contribution in [2.24, 2.45) is 0 Å². The number of sulfone groups is 1. The number of amides is 1. The third-order valence-electron chi connectivity index (χ3n) is 9.39. The van der Waals surface area contributed by atoms with Gasteiger partial charge in [0, 0.05) is 16.8 Å². The van der Waals surface area contributed by atoms with E-state index in [1.54, 1.807) is 0 Å². The van der Waals surface area contributed by atoms with E-state index in [2.05, 4.69) is 45.8 Å². The number of halogens is 4. The van der Waals surface area contributed by atoms with E-state index in [9.17, 15) is 18.0 Å². The summed E-state index contributed by atoms with van der Waals surface area (Å²) in [6, 6.07) is 13.4. The highest BCUT2D eigenvalue weighted by molar-refractivity contribution is 7.99. The zero-order chi connectivity index (χ0) is 39.7. The van der Waals surface area contributed by atoms with Gasteiger partial charge in [0.05, 0.1) is 31.4 Å². The summed E-state index contributed by atoms with van der Waals surface area (Å²) in [5, 5.41) is 3.64. The minimum absolute atomic E-state index is 0.00293. The Morgan fingerprint density at radius 3 is 1.93 bits per heavy atom. The van der Waals surface area contributed by atoms with Crippen LogP contribution in [0.4, 0.5) is 11.5 Å². The Balaban J connectivity index is 1.71. The molecule has 0 spiro atoms. The van der Waals surface area contributed by atoms with E-state index in [4.69, 9.17) is 46.4 Å². The fraction of sp³-hybridized carbons (Fsp3) is 0.463. The molecule has 0 saturated carbocycles. The van der Waals surface area contributed by atoms with Gasteiger partial charge in [-0.1, -0.05) is 163 Å². The zero-order valence-corrected chi connectivity index (χ0v) is 36.6. The van der Waals surface area contributed by atoms with Crippen molar-refractivity contribution in [3.8, 4) is 5.69 Å². The molecule has 1 aromatic heterocycles. The van der Waals surface area contributed by atoms with Crippen molar-refractivity contribution < 1.29 is 13.2 Å². The van der Waals surface area contributed by atoms with Crippen LogP contribution in [0.25, 0.3) is 5.69 Å². The molecule has 13 heteroatoms. The van der Waals surface area contributed by atoms with Crippen molar-refractivity contribution in [1.29, 1.82) is 0 Å². The molecule has 0 fully saturated rings. The van der Waals surface area contributed by atoms with E-state index in [1.165, 1.54) is 97.1 Å². The molecule has 1 N–H and O–H groups in total. The molecule has 0 aliphatic rings. The molecule has 3 aromatic carbocycles. The van der Waals surface area contributed by atoms with Crippen LogP contribution >= 0.6 is 58.2 Å². The Morgan fingerprint density at radius 1 is 0.796 bits per heavy atom. The van der Waals surface area contributed by atoms with Gasteiger partial charge in [0.25, 0.3) is 5.56 Å². The number of nitrogens with one attached hydrogen (secondary N) is 1. The van der Waals surface area contributed by atoms with Crippen molar-refractivity contribution >= 4 is 85.4 Å². The van der Waals surface area contributed by atoms with Gasteiger partial charge in [-0.15, -0.1) is 0 Å². The minimum Gasteiger partial charge on any atom is -0.274 e. The van der Waals surface area contributed by atoms with Gasteiger partial charge in [-0.3, -0.25) is 19.6 Å². The van der Waals surface area contributed by atoms with Gasteiger partial charge in [-0.05, 0) is 65.8 Å². The molecule has 0 aliphatic carbocycles. The summed E-state index contributed by atoms with van der Waals surface area (Å²) in [5.41, 5.74) is 2.04. The topological polar surface area (TPSA) is 92.2 Å². The second kappa shape index (κ2) is 20.1. The van der Waals surface area contributed by atoms with Gasteiger partial charge in [-0.25, -0.2) is 13.1 Å². The van der Waals surface area contributed by atoms with Gasteiger partial charge in [0.1, 0.15) is 10.6 Å².